The number of methoxy groups -OCH3 is 1. The number of amides is 1. The average Bonchev–Trinajstić information content (AvgIpc) is 3.34. The highest BCUT2D eigenvalue weighted by molar-refractivity contribution is 8.04. The van der Waals surface area contributed by atoms with Gasteiger partial charge >= 0.3 is 11.9 Å². The van der Waals surface area contributed by atoms with E-state index in [1.54, 1.807) is 17.8 Å². The van der Waals surface area contributed by atoms with Gasteiger partial charge in [-0.15, -0.1) is 0 Å². The van der Waals surface area contributed by atoms with E-state index in [9.17, 15) is 14.4 Å². The number of carbonyl (C=O) groups excluding carboxylic acids is 3. The normalized spacial score (nSPS) is 14.7. The van der Waals surface area contributed by atoms with Crippen molar-refractivity contribution in [3.63, 3.8) is 0 Å². The quantitative estimate of drug-likeness (QED) is 0.289. The fraction of sp³-hybridized carbons (Fsp3) is 0.292. The molecule has 0 saturated carbocycles. The summed E-state index contributed by atoms with van der Waals surface area (Å²) >= 11 is 1.28. The molecular weight excluding hydrogens is 456 g/mol. The van der Waals surface area contributed by atoms with Gasteiger partial charge < -0.3 is 14.4 Å². The van der Waals surface area contributed by atoms with Crippen LogP contribution in [0.4, 0.5) is 0 Å². The molecule has 1 aromatic carbocycles. The third-order valence-electron chi connectivity index (χ3n) is 5.37. The van der Waals surface area contributed by atoms with Crippen LogP contribution in [-0.4, -0.2) is 63.5 Å². The number of pyridine rings is 1. The summed E-state index contributed by atoms with van der Waals surface area (Å²) in [4.78, 5) is 43.0. The lowest BCUT2D eigenvalue weighted by molar-refractivity contribution is -0.134. The van der Waals surface area contributed by atoms with Crippen molar-refractivity contribution in [2.24, 2.45) is 7.05 Å². The predicted molar refractivity (Wildman–Crippen MR) is 128 cm³/mol. The Balaban J connectivity index is 1.49. The summed E-state index contributed by atoms with van der Waals surface area (Å²) in [6, 6.07) is 11.3. The second-order valence-corrected chi connectivity index (χ2v) is 8.65. The summed E-state index contributed by atoms with van der Waals surface area (Å²) in [5.74, 6) is -0.828. The molecule has 0 radical (unpaired) electrons. The molecule has 176 valence electrons. The zero-order valence-corrected chi connectivity index (χ0v) is 19.9. The molecule has 3 aromatic rings. The van der Waals surface area contributed by atoms with E-state index in [1.807, 2.05) is 37.3 Å². The van der Waals surface area contributed by atoms with Crippen LogP contribution in [0.1, 0.15) is 22.5 Å². The van der Waals surface area contributed by atoms with E-state index in [4.69, 9.17) is 9.72 Å². The third kappa shape index (κ3) is 4.81. The van der Waals surface area contributed by atoms with Gasteiger partial charge in [0, 0.05) is 19.2 Å². The molecule has 0 atom stereocenters. The molecule has 34 heavy (non-hydrogen) atoms. The third-order valence-corrected chi connectivity index (χ3v) is 6.40. The van der Waals surface area contributed by atoms with Crippen molar-refractivity contribution in [2.75, 3.05) is 26.0 Å². The van der Waals surface area contributed by atoms with Gasteiger partial charge in [-0.3, -0.25) is 9.48 Å². The monoisotopic (exact) mass is 480 g/mol. The molecule has 1 fully saturated rings. The number of hydrogen-bond donors (Lipinski definition) is 0. The van der Waals surface area contributed by atoms with Gasteiger partial charge in [-0.25, -0.2) is 14.6 Å². The first-order chi connectivity index (χ1) is 16.4. The Morgan fingerprint density at radius 1 is 1.24 bits per heavy atom. The van der Waals surface area contributed by atoms with Crippen molar-refractivity contribution < 1.29 is 23.9 Å². The first-order valence-electron chi connectivity index (χ1n) is 10.7. The Hall–Kier alpha value is -3.66. The molecule has 2 aromatic heterocycles. The maximum atomic E-state index is 13.1. The van der Waals surface area contributed by atoms with Crippen LogP contribution >= 0.6 is 11.8 Å². The van der Waals surface area contributed by atoms with E-state index in [2.05, 4.69) is 9.84 Å². The molecular formula is C24H24N4O5S. The molecule has 1 saturated heterocycles. The molecule has 0 spiro atoms. The Labute approximate surface area is 200 Å². The lowest BCUT2D eigenvalue weighted by atomic mass is 10.1. The molecule has 1 aliphatic rings. The van der Waals surface area contributed by atoms with Crippen molar-refractivity contribution in [3.8, 4) is 11.3 Å². The minimum Gasteiger partial charge on any atom is -0.466 e. The molecule has 9 nitrogen and oxygen atoms in total. The fourth-order valence-corrected chi connectivity index (χ4v) is 4.71. The van der Waals surface area contributed by atoms with Crippen molar-refractivity contribution >= 4 is 40.6 Å². The van der Waals surface area contributed by atoms with Gasteiger partial charge in [0.25, 0.3) is 0 Å². The number of esters is 2. The second kappa shape index (κ2) is 10.1. The summed E-state index contributed by atoms with van der Waals surface area (Å²) in [7, 11) is 3.07. The van der Waals surface area contributed by atoms with Gasteiger partial charge in [0.15, 0.2) is 5.65 Å². The lowest BCUT2D eigenvalue weighted by Gasteiger charge is -2.16. The summed E-state index contributed by atoms with van der Waals surface area (Å²) in [5, 5.41) is 5.61. The van der Waals surface area contributed by atoms with E-state index in [0.717, 1.165) is 5.56 Å². The van der Waals surface area contributed by atoms with E-state index in [1.165, 1.54) is 29.8 Å². The summed E-state index contributed by atoms with van der Waals surface area (Å²) in [5.41, 5.74) is 3.22. The Morgan fingerprint density at radius 3 is 2.74 bits per heavy atom. The molecule has 3 heterocycles. The SMILES string of the molecule is COC(=O)/C=C1/SCC(=O)N1CCCOC(=O)c1cc(-c2ccccc2)nc2c1c(C)nn2C. The number of ether oxygens (including phenoxy) is 2. The predicted octanol–water partition coefficient (Wildman–Crippen LogP) is 3.08. The van der Waals surface area contributed by atoms with Gasteiger partial charge in [-0.05, 0) is 19.4 Å². The van der Waals surface area contributed by atoms with Crippen LogP contribution in [0.2, 0.25) is 0 Å². The average molecular weight is 481 g/mol. The fourth-order valence-electron chi connectivity index (χ4n) is 3.76. The van der Waals surface area contributed by atoms with E-state index < -0.39 is 11.9 Å². The molecule has 0 bridgehead atoms. The number of hydrogen-bond acceptors (Lipinski definition) is 8. The topological polar surface area (TPSA) is 104 Å². The summed E-state index contributed by atoms with van der Waals surface area (Å²) in [6.45, 7) is 2.27. The second-order valence-electron chi connectivity index (χ2n) is 7.66. The Kier molecular flexibility index (Phi) is 6.97. The van der Waals surface area contributed by atoms with E-state index in [0.29, 0.717) is 46.0 Å². The highest BCUT2D eigenvalue weighted by Crippen LogP contribution is 2.29. The Morgan fingerprint density at radius 2 is 2.00 bits per heavy atom. The first kappa shape index (κ1) is 23.5. The number of carbonyl (C=O) groups is 3. The van der Waals surface area contributed by atoms with Crippen LogP contribution in [0.5, 0.6) is 0 Å². The zero-order chi connectivity index (χ0) is 24.2. The molecule has 4 rings (SSSR count). The molecule has 1 amide bonds. The van der Waals surface area contributed by atoms with E-state index >= 15 is 0 Å². The first-order valence-corrected chi connectivity index (χ1v) is 11.7. The van der Waals surface area contributed by atoms with Gasteiger partial charge in [0.05, 0.1) is 52.9 Å². The number of aromatic nitrogens is 3. The lowest BCUT2D eigenvalue weighted by Crippen LogP contribution is -2.27. The van der Waals surface area contributed by atoms with Gasteiger partial charge in [-0.1, -0.05) is 42.1 Å². The Bertz CT molecular complexity index is 1290. The standard InChI is InChI=1S/C24H24N4O5S/c1-15-22-17(12-18(16-8-5-4-6-9-16)25-23(22)27(2)26-15)24(31)33-11-7-10-28-19(29)14-34-20(28)13-21(30)32-3/h4-6,8-9,12-13H,7,10-11,14H2,1-3H3/b20-13+. The number of nitrogens with zero attached hydrogens (tertiary/aromatic N) is 4. The minimum absolute atomic E-state index is 0.0965. The molecule has 0 unspecified atom stereocenters. The van der Waals surface area contributed by atoms with Crippen molar-refractivity contribution in [2.45, 2.75) is 13.3 Å². The van der Waals surface area contributed by atoms with Crippen LogP contribution in [0.3, 0.4) is 0 Å². The number of fused-ring (bicyclic) bond motifs is 1. The van der Waals surface area contributed by atoms with Crippen LogP contribution in [0.15, 0.2) is 47.5 Å². The van der Waals surface area contributed by atoms with Crippen LogP contribution in [0.25, 0.3) is 22.3 Å². The maximum Gasteiger partial charge on any atom is 0.339 e. The molecule has 0 aliphatic carbocycles. The van der Waals surface area contributed by atoms with Gasteiger partial charge in [0.2, 0.25) is 5.91 Å². The summed E-state index contributed by atoms with van der Waals surface area (Å²) in [6.07, 6.45) is 1.72. The van der Waals surface area contributed by atoms with Gasteiger partial charge in [0.1, 0.15) is 0 Å². The highest BCUT2D eigenvalue weighted by Gasteiger charge is 2.27. The maximum absolute atomic E-state index is 13.1. The van der Waals surface area contributed by atoms with Crippen molar-refractivity contribution in [3.05, 3.63) is 58.8 Å². The number of aryl methyl sites for hydroxylation is 2. The smallest absolute Gasteiger partial charge is 0.339 e. The zero-order valence-electron chi connectivity index (χ0n) is 19.1. The molecule has 1 aliphatic heterocycles. The number of thioether (sulfide) groups is 1. The van der Waals surface area contributed by atoms with Crippen LogP contribution in [-0.2, 0) is 26.1 Å². The number of rotatable bonds is 7. The van der Waals surface area contributed by atoms with Crippen molar-refractivity contribution in [1.29, 1.82) is 0 Å². The minimum atomic E-state index is -0.517. The van der Waals surface area contributed by atoms with Crippen LogP contribution in [0, 0.1) is 6.92 Å². The van der Waals surface area contributed by atoms with Gasteiger partial charge in [-0.2, -0.15) is 5.10 Å². The largest absolute Gasteiger partial charge is 0.466 e. The van der Waals surface area contributed by atoms with E-state index in [-0.39, 0.29) is 18.3 Å². The number of benzene rings is 1. The molecule has 0 N–H and O–H groups in total. The summed E-state index contributed by atoms with van der Waals surface area (Å²) < 4.78 is 11.9. The molecule has 10 heteroatoms. The van der Waals surface area contributed by atoms with Crippen LogP contribution < -0.4 is 0 Å². The van der Waals surface area contributed by atoms with Crippen molar-refractivity contribution in [1.82, 2.24) is 19.7 Å². The highest BCUT2D eigenvalue weighted by atomic mass is 32.2.